The largest absolute Gasteiger partial charge is 0.484 e. The van der Waals surface area contributed by atoms with Crippen LogP contribution in [0, 0.1) is 5.82 Å². The third kappa shape index (κ3) is 4.11. The van der Waals surface area contributed by atoms with Crippen molar-refractivity contribution < 1.29 is 22.7 Å². The Bertz CT molecular complexity index is 888. The second-order valence-electron chi connectivity index (χ2n) is 5.50. The van der Waals surface area contributed by atoms with E-state index in [-0.39, 0.29) is 18.9 Å². The Balaban J connectivity index is 1.73. The van der Waals surface area contributed by atoms with Crippen molar-refractivity contribution in [3.8, 4) is 5.75 Å². The summed E-state index contributed by atoms with van der Waals surface area (Å²) in [5.74, 6) is -5.31. The van der Waals surface area contributed by atoms with Gasteiger partial charge in [-0.25, -0.2) is 9.37 Å². The van der Waals surface area contributed by atoms with Gasteiger partial charge < -0.3 is 15.0 Å². The molecule has 9 heteroatoms. The van der Waals surface area contributed by atoms with E-state index in [4.69, 9.17) is 4.74 Å². The summed E-state index contributed by atoms with van der Waals surface area (Å²) in [5, 5.41) is 4.47. The SMILES string of the molecule is CC(F)(F)C(=O)NCc1cc2cc(F)c(OCc3cscn3)cc2[nH]1. The molecule has 0 saturated heterocycles. The molecule has 132 valence electrons. The maximum atomic E-state index is 14.1. The van der Waals surface area contributed by atoms with Gasteiger partial charge in [-0.1, -0.05) is 0 Å². The third-order valence-electron chi connectivity index (χ3n) is 3.43. The number of H-pyrrole nitrogens is 1. The number of alkyl halides is 2. The van der Waals surface area contributed by atoms with E-state index in [2.05, 4.69) is 15.3 Å². The first-order valence-corrected chi connectivity index (χ1v) is 8.24. The number of carbonyl (C=O) groups excluding carboxylic acids is 1. The maximum absolute atomic E-state index is 14.1. The van der Waals surface area contributed by atoms with Crippen LogP contribution in [0.25, 0.3) is 10.9 Å². The van der Waals surface area contributed by atoms with E-state index in [9.17, 15) is 18.0 Å². The Morgan fingerprint density at radius 3 is 2.88 bits per heavy atom. The molecule has 3 rings (SSSR count). The number of fused-ring (bicyclic) bond motifs is 1. The Kier molecular flexibility index (Phi) is 4.67. The molecule has 0 radical (unpaired) electrons. The minimum absolute atomic E-state index is 0.0537. The standard InChI is InChI=1S/C16H14F3N3O2S/c1-16(18,19)15(23)20-5-10-2-9-3-12(17)14(4-13(9)22-10)24-6-11-7-25-8-21-11/h2-4,7-8,22H,5-6H2,1H3,(H,20,23). The van der Waals surface area contributed by atoms with E-state index in [1.807, 2.05) is 0 Å². The van der Waals surface area contributed by atoms with Crippen molar-refractivity contribution in [1.29, 1.82) is 0 Å². The number of thiazole rings is 1. The quantitative estimate of drug-likeness (QED) is 0.698. The molecule has 0 saturated carbocycles. The van der Waals surface area contributed by atoms with E-state index in [0.29, 0.717) is 29.2 Å². The fourth-order valence-corrected chi connectivity index (χ4v) is 2.73. The summed E-state index contributed by atoms with van der Waals surface area (Å²) in [6.07, 6.45) is 0. The van der Waals surface area contributed by atoms with Crippen molar-refractivity contribution in [1.82, 2.24) is 15.3 Å². The summed E-state index contributed by atoms with van der Waals surface area (Å²) in [6.45, 7) is 0.545. The Morgan fingerprint density at radius 1 is 1.40 bits per heavy atom. The average Bonchev–Trinajstić information content (AvgIpc) is 3.18. The number of hydrogen-bond donors (Lipinski definition) is 2. The van der Waals surface area contributed by atoms with Gasteiger partial charge in [0.1, 0.15) is 6.61 Å². The van der Waals surface area contributed by atoms with E-state index in [1.54, 1.807) is 17.0 Å². The van der Waals surface area contributed by atoms with Gasteiger partial charge in [0.2, 0.25) is 0 Å². The fourth-order valence-electron chi connectivity index (χ4n) is 2.19. The monoisotopic (exact) mass is 369 g/mol. The number of carbonyl (C=O) groups is 1. The number of nitrogens with zero attached hydrogens (tertiary/aromatic N) is 1. The van der Waals surface area contributed by atoms with Crippen LogP contribution in [0.1, 0.15) is 18.3 Å². The molecule has 1 aromatic carbocycles. The zero-order chi connectivity index (χ0) is 18.0. The zero-order valence-electron chi connectivity index (χ0n) is 13.1. The van der Waals surface area contributed by atoms with Crippen molar-refractivity contribution in [3.05, 3.63) is 46.3 Å². The summed E-state index contributed by atoms with van der Waals surface area (Å²) >= 11 is 1.42. The molecular weight excluding hydrogens is 355 g/mol. The first-order chi connectivity index (χ1) is 11.8. The summed E-state index contributed by atoms with van der Waals surface area (Å²) < 4.78 is 45.2. The predicted octanol–water partition coefficient (Wildman–Crippen LogP) is 3.61. The number of hydrogen-bond acceptors (Lipinski definition) is 4. The van der Waals surface area contributed by atoms with Gasteiger partial charge in [-0.15, -0.1) is 11.3 Å². The Labute approximate surface area is 144 Å². The molecule has 0 aliphatic carbocycles. The molecule has 2 aromatic heterocycles. The van der Waals surface area contributed by atoms with Crippen LogP contribution in [-0.2, 0) is 17.9 Å². The molecule has 2 N–H and O–H groups in total. The molecule has 0 spiro atoms. The number of nitrogens with one attached hydrogen (secondary N) is 2. The minimum atomic E-state index is -3.45. The van der Waals surface area contributed by atoms with Crippen molar-refractivity contribution in [2.75, 3.05) is 0 Å². The number of ether oxygens (including phenoxy) is 1. The lowest BCUT2D eigenvalue weighted by Crippen LogP contribution is -2.37. The number of rotatable bonds is 6. The molecule has 25 heavy (non-hydrogen) atoms. The number of aromatic amines is 1. The molecule has 5 nitrogen and oxygen atoms in total. The van der Waals surface area contributed by atoms with Crippen LogP contribution in [0.4, 0.5) is 13.2 Å². The van der Waals surface area contributed by atoms with Crippen LogP contribution < -0.4 is 10.1 Å². The molecule has 0 aliphatic heterocycles. The van der Waals surface area contributed by atoms with Crippen molar-refractivity contribution in [2.24, 2.45) is 0 Å². The Hall–Kier alpha value is -2.55. The zero-order valence-corrected chi connectivity index (χ0v) is 13.9. The number of benzene rings is 1. The molecule has 3 aromatic rings. The van der Waals surface area contributed by atoms with Gasteiger partial charge in [-0.3, -0.25) is 4.79 Å². The normalized spacial score (nSPS) is 11.7. The van der Waals surface area contributed by atoms with Crippen LogP contribution in [0.3, 0.4) is 0 Å². The smallest absolute Gasteiger partial charge is 0.321 e. The molecule has 0 fully saturated rings. The molecule has 0 unspecified atom stereocenters. The lowest BCUT2D eigenvalue weighted by Gasteiger charge is -2.09. The molecular formula is C16H14F3N3O2S. The molecule has 0 bridgehead atoms. The van der Waals surface area contributed by atoms with E-state index >= 15 is 0 Å². The summed E-state index contributed by atoms with van der Waals surface area (Å²) in [5.41, 5.74) is 3.40. The van der Waals surface area contributed by atoms with Crippen LogP contribution in [0.15, 0.2) is 29.1 Å². The van der Waals surface area contributed by atoms with Crippen molar-refractivity contribution in [2.45, 2.75) is 26.0 Å². The van der Waals surface area contributed by atoms with Gasteiger partial charge >= 0.3 is 5.92 Å². The average molecular weight is 369 g/mol. The second kappa shape index (κ2) is 6.75. The van der Waals surface area contributed by atoms with Gasteiger partial charge in [0.15, 0.2) is 11.6 Å². The topological polar surface area (TPSA) is 67.0 Å². The predicted molar refractivity (Wildman–Crippen MR) is 87.2 cm³/mol. The highest BCUT2D eigenvalue weighted by molar-refractivity contribution is 7.07. The highest BCUT2D eigenvalue weighted by Crippen LogP contribution is 2.26. The van der Waals surface area contributed by atoms with Crippen molar-refractivity contribution in [3.63, 3.8) is 0 Å². The lowest BCUT2D eigenvalue weighted by atomic mass is 10.2. The van der Waals surface area contributed by atoms with Gasteiger partial charge in [0, 0.05) is 35.0 Å². The third-order valence-corrected chi connectivity index (χ3v) is 4.06. The molecule has 0 aliphatic rings. The van der Waals surface area contributed by atoms with Gasteiger partial charge in [-0.05, 0) is 12.1 Å². The number of halogens is 3. The van der Waals surface area contributed by atoms with Gasteiger partial charge in [-0.2, -0.15) is 8.78 Å². The molecule has 2 heterocycles. The minimum Gasteiger partial charge on any atom is -0.484 e. The maximum Gasteiger partial charge on any atom is 0.321 e. The van der Waals surface area contributed by atoms with Crippen LogP contribution >= 0.6 is 11.3 Å². The fraction of sp³-hybridized carbons (Fsp3) is 0.250. The summed E-state index contributed by atoms with van der Waals surface area (Å²) in [4.78, 5) is 18.2. The second-order valence-corrected chi connectivity index (χ2v) is 6.22. The Morgan fingerprint density at radius 2 is 2.20 bits per heavy atom. The number of amides is 1. The summed E-state index contributed by atoms with van der Waals surface area (Å²) in [7, 11) is 0. The van der Waals surface area contributed by atoms with E-state index in [0.717, 1.165) is 0 Å². The van der Waals surface area contributed by atoms with Gasteiger partial charge in [0.25, 0.3) is 5.91 Å². The highest BCUT2D eigenvalue weighted by atomic mass is 32.1. The lowest BCUT2D eigenvalue weighted by molar-refractivity contribution is -0.143. The van der Waals surface area contributed by atoms with E-state index in [1.165, 1.54) is 23.5 Å². The first-order valence-electron chi connectivity index (χ1n) is 7.30. The van der Waals surface area contributed by atoms with Crippen LogP contribution in [-0.4, -0.2) is 21.8 Å². The van der Waals surface area contributed by atoms with Crippen LogP contribution in [0.5, 0.6) is 5.75 Å². The molecule has 0 atom stereocenters. The molecule has 1 amide bonds. The van der Waals surface area contributed by atoms with Crippen LogP contribution in [0.2, 0.25) is 0 Å². The van der Waals surface area contributed by atoms with E-state index < -0.39 is 17.6 Å². The number of aromatic nitrogens is 2. The summed E-state index contributed by atoms with van der Waals surface area (Å²) in [6, 6.07) is 4.34. The first kappa shape index (κ1) is 17.3. The van der Waals surface area contributed by atoms with Gasteiger partial charge in [0.05, 0.1) is 17.7 Å². The highest BCUT2D eigenvalue weighted by Gasteiger charge is 2.31. The van der Waals surface area contributed by atoms with Crippen molar-refractivity contribution >= 4 is 28.1 Å².